The molecule has 12 heavy (non-hydrogen) atoms. The zero-order valence-corrected chi connectivity index (χ0v) is 7.37. The normalized spacial score (nSPS) is 10.5. The lowest BCUT2D eigenvalue weighted by Gasteiger charge is -1.95. The molecule has 0 aliphatic carbocycles. The summed E-state index contributed by atoms with van der Waals surface area (Å²) in [6.07, 6.45) is 3.81. The van der Waals surface area contributed by atoms with Crippen molar-refractivity contribution in [3.8, 4) is 0 Å². The summed E-state index contributed by atoms with van der Waals surface area (Å²) in [5.74, 6) is 0. The van der Waals surface area contributed by atoms with Gasteiger partial charge in [-0.15, -0.1) is 0 Å². The first-order valence-electron chi connectivity index (χ1n) is 3.95. The minimum absolute atomic E-state index is 0.939. The van der Waals surface area contributed by atoms with E-state index in [1.54, 1.807) is 0 Å². The fourth-order valence-corrected chi connectivity index (χ4v) is 0.913. The van der Waals surface area contributed by atoms with Gasteiger partial charge in [0.2, 0.25) is 0 Å². The van der Waals surface area contributed by atoms with Gasteiger partial charge in [-0.1, -0.05) is 36.3 Å². The Hall–Kier alpha value is -1.31. The third-order valence-corrected chi connectivity index (χ3v) is 1.63. The lowest BCUT2D eigenvalue weighted by atomic mass is 10.1. The predicted octanol–water partition coefficient (Wildman–Crippen LogP) is 2.11. The van der Waals surface area contributed by atoms with E-state index in [4.69, 9.17) is 0 Å². The third-order valence-electron chi connectivity index (χ3n) is 1.63. The van der Waals surface area contributed by atoms with Gasteiger partial charge in [0.25, 0.3) is 0 Å². The molecule has 2 heteroatoms. The van der Waals surface area contributed by atoms with E-state index in [1.807, 2.05) is 12.1 Å². The number of hydrogen-bond acceptors (Lipinski definition) is 2. The zero-order valence-electron chi connectivity index (χ0n) is 7.37. The number of nitrogens with zero attached hydrogens (tertiary/aromatic N) is 1. The molecular weight excluding hydrogens is 150 g/mol. The predicted molar refractivity (Wildman–Crippen MR) is 49.4 cm³/mol. The molecule has 0 N–H and O–H groups in total. The summed E-state index contributed by atoms with van der Waals surface area (Å²) in [6, 6.07) is 8.07. The highest BCUT2D eigenvalue weighted by molar-refractivity contribution is 5.79. The Morgan fingerprint density at radius 1 is 1.33 bits per heavy atom. The van der Waals surface area contributed by atoms with E-state index in [9.17, 15) is 0 Å². The van der Waals surface area contributed by atoms with Gasteiger partial charge in [0, 0.05) is 5.56 Å². The van der Waals surface area contributed by atoms with Gasteiger partial charge >= 0.3 is 0 Å². The fourth-order valence-electron chi connectivity index (χ4n) is 0.913. The summed E-state index contributed by atoms with van der Waals surface area (Å²) < 4.78 is 0. The SMILES string of the molecule is CCc1ccc(/[C]=N\OC)cc1. The van der Waals surface area contributed by atoms with Gasteiger partial charge in [-0.05, 0) is 12.0 Å². The molecule has 0 atom stereocenters. The molecule has 0 aliphatic rings. The number of benzene rings is 1. The second-order valence-corrected chi connectivity index (χ2v) is 2.44. The number of aryl methyl sites for hydroxylation is 1. The van der Waals surface area contributed by atoms with Crippen molar-refractivity contribution in [3.63, 3.8) is 0 Å². The van der Waals surface area contributed by atoms with E-state index in [0.29, 0.717) is 0 Å². The molecule has 63 valence electrons. The average molecular weight is 162 g/mol. The Morgan fingerprint density at radius 3 is 2.50 bits per heavy atom. The third kappa shape index (κ3) is 2.38. The Balaban J connectivity index is 2.71. The largest absolute Gasteiger partial charge is 0.399 e. The van der Waals surface area contributed by atoms with Crippen LogP contribution in [-0.2, 0) is 11.3 Å². The van der Waals surface area contributed by atoms with Gasteiger partial charge in [0.1, 0.15) is 13.3 Å². The fraction of sp³-hybridized carbons (Fsp3) is 0.300. The Labute approximate surface area is 72.9 Å². The van der Waals surface area contributed by atoms with Crippen molar-refractivity contribution in [1.82, 2.24) is 0 Å². The molecule has 0 saturated carbocycles. The van der Waals surface area contributed by atoms with Gasteiger partial charge in [-0.2, -0.15) is 0 Å². The summed E-state index contributed by atoms with van der Waals surface area (Å²) in [6.45, 7) is 2.13. The summed E-state index contributed by atoms with van der Waals surface area (Å²) in [5, 5.41) is 3.55. The summed E-state index contributed by atoms with van der Waals surface area (Å²) in [5.41, 5.74) is 2.26. The molecule has 0 heterocycles. The van der Waals surface area contributed by atoms with Crippen LogP contribution in [0.25, 0.3) is 0 Å². The van der Waals surface area contributed by atoms with Crippen molar-refractivity contribution >= 4 is 6.21 Å². The van der Waals surface area contributed by atoms with Crippen LogP contribution in [0.2, 0.25) is 0 Å². The lowest BCUT2D eigenvalue weighted by Crippen LogP contribution is -1.83. The van der Waals surface area contributed by atoms with Crippen molar-refractivity contribution < 1.29 is 4.84 Å². The highest BCUT2D eigenvalue weighted by Crippen LogP contribution is 2.02. The Kier molecular flexibility index (Phi) is 3.33. The van der Waals surface area contributed by atoms with Crippen LogP contribution in [0.3, 0.4) is 0 Å². The maximum absolute atomic E-state index is 4.52. The molecule has 0 saturated heterocycles. The van der Waals surface area contributed by atoms with E-state index in [-0.39, 0.29) is 0 Å². The molecule has 1 radical (unpaired) electrons. The first-order chi connectivity index (χ1) is 5.86. The average Bonchev–Trinajstić information content (AvgIpc) is 2.15. The van der Waals surface area contributed by atoms with Crippen LogP contribution >= 0.6 is 0 Å². The van der Waals surface area contributed by atoms with Gasteiger partial charge in [0.15, 0.2) is 0 Å². The lowest BCUT2D eigenvalue weighted by molar-refractivity contribution is 0.215. The highest BCUT2D eigenvalue weighted by Gasteiger charge is 1.89. The van der Waals surface area contributed by atoms with Crippen LogP contribution in [0.5, 0.6) is 0 Å². The molecule has 0 fully saturated rings. The molecule has 1 aromatic carbocycles. The van der Waals surface area contributed by atoms with Gasteiger partial charge < -0.3 is 4.84 Å². The number of hydrogen-bond donors (Lipinski definition) is 0. The molecule has 0 unspecified atom stereocenters. The Bertz CT molecular complexity index is 251. The first-order valence-corrected chi connectivity index (χ1v) is 3.95. The van der Waals surface area contributed by atoms with E-state index >= 15 is 0 Å². The maximum atomic E-state index is 4.52. The van der Waals surface area contributed by atoms with Crippen LogP contribution in [0, 0.1) is 0 Å². The van der Waals surface area contributed by atoms with Crippen LogP contribution in [-0.4, -0.2) is 13.3 Å². The monoisotopic (exact) mass is 162 g/mol. The summed E-state index contributed by atoms with van der Waals surface area (Å²) in [7, 11) is 1.51. The van der Waals surface area contributed by atoms with E-state index in [2.05, 4.69) is 35.3 Å². The summed E-state index contributed by atoms with van der Waals surface area (Å²) in [4.78, 5) is 4.52. The van der Waals surface area contributed by atoms with Crippen molar-refractivity contribution in [1.29, 1.82) is 0 Å². The molecule has 0 bridgehead atoms. The zero-order chi connectivity index (χ0) is 8.81. The van der Waals surface area contributed by atoms with Crippen LogP contribution < -0.4 is 0 Å². The molecule has 0 spiro atoms. The molecule has 1 aromatic rings. The molecular formula is C10H12NO. The minimum Gasteiger partial charge on any atom is -0.399 e. The van der Waals surface area contributed by atoms with Crippen molar-refractivity contribution in [2.24, 2.45) is 5.16 Å². The van der Waals surface area contributed by atoms with Crippen molar-refractivity contribution in [2.45, 2.75) is 13.3 Å². The minimum atomic E-state index is 0.939. The second-order valence-electron chi connectivity index (χ2n) is 2.44. The Morgan fingerprint density at radius 2 is 2.00 bits per heavy atom. The first kappa shape index (κ1) is 8.78. The van der Waals surface area contributed by atoms with Crippen LogP contribution in [0.1, 0.15) is 18.1 Å². The molecule has 0 aliphatic heterocycles. The van der Waals surface area contributed by atoms with Gasteiger partial charge in [0.05, 0.1) is 0 Å². The smallest absolute Gasteiger partial charge is 0.139 e. The maximum Gasteiger partial charge on any atom is 0.139 e. The molecule has 0 aromatic heterocycles. The van der Waals surface area contributed by atoms with E-state index in [0.717, 1.165) is 12.0 Å². The standard InChI is InChI=1S/C10H12NO/c1-3-9-4-6-10(7-5-9)8-11-12-2/h4-7H,3H2,1-2H3. The van der Waals surface area contributed by atoms with E-state index < -0.39 is 0 Å². The summed E-state index contributed by atoms with van der Waals surface area (Å²) >= 11 is 0. The highest BCUT2D eigenvalue weighted by atomic mass is 16.6. The van der Waals surface area contributed by atoms with Gasteiger partial charge in [-0.25, -0.2) is 0 Å². The molecule has 1 rings (SSSR count). The molecule has 0 amide bonds. The quantitative estimate of drug-likeness (QED) is 0.492. The molecule has 2 nitrogen and oxygen atoms in total. The van der Waals surface area contributed by atoms with E-state index in [1.165, 1.54) is 12.7 Å². The van der Waals surface area contributed by atoms with Crippen molar-refractivity contribution in [3.05, 3.63) is 35.4 Å². The van der Waals surface area contributed by atoms with Crippen LogP contribution in [0.15, 0.2) is 29.4 Å². The van der Waals surface area contributed by atoms with Crippen LogP contribution in [0.4, 0.5) is 0 Å². The second kappa shape index (κ2) is 4.54. The number of rotatable bonds is 3. The van der Waals surface area contributed by atoms with Crippen molar-refractivity contribution in [2.75, 3.05) is 7.11 Å². The topological polar surface area (TPSA) is 21.6 Å². The van der Waals surface area contributed by atoms with Gasteiger partial charge in [-0.3, -0.25) is 0 Å².